The summed E-state index contributed by atoms with van der Waals surface area (Å²) in [7, 11) is 0. The third kappa shape index (κ3) is 5.17. The van der Waals surface area contributed by atoms with Crippen molar-refractivity contribution in [3.05, 3.63) is 71.3 Å². The van der Waals surface area contributed by atoms with E-state index >= 15 is 0 Å². The Labute approximate surface area is 192 Å². The van der Waals surface area contributed by atoms with Gasteiger partial charge in [-0.3, -0.25) is 9.80 Å². The van der Waals surface area contributed by atoms with Crippen molar-refractivity contribution >= 4 is 18.0 Å². The van der Waals surface area contributed by atoms with Crippen LogP contribution in [-0.2, 0) is 20.7 Å². The number of ether oxygens (including phenoxy) is 1. The van der Waals surface area contributed by atoms with E-state index in [2.05, 4.69) is 41.3 Å². The van der Waals surface area contributed by atoms with Crippen LogP contribution in [0.25, 0.3) is 0 Å². The SMILES string of the molecule is O=C(O[C@H]1CN2CCC1CC2)N1CCc2ccccc2[C@@H]1c1ccccc1.O=C([O-])C(=O)[O-]. The van der Waals surface area contributed by atoms with Crippen LogP contribution >= 0.6 is 0 Å². The lowest BCUT2D eigenvalue weighted by Gasteiger charge is -2.45. The Morgan fingerprint density at radius 2 is 1.48 bits per heavy atom. The van der Waals surface area contributed by atoms with Crippen molar-refractivity contribution in [1.29, 1.82) is 0 Å². The maximum absolute atomic E-state index is 13.2. The lowest BCUT2D eigenvalue weighted by Crippen LogP contribution is -2.53. The Morgan fingerprint density at radius 1 is 0.848 bits per heavy atom. The van der Waals surface area contributed by atoms with Crippen molar-refractivity contribution in [2.75, 3.05) is 26.2 Å². The number of fused-ring (bicyclic) bond motifs is 4. The van der Waals surface area contributed by atoms with Crippen LogP contribution in [0.1, 0.15) is 35.6 Å². The Hall–Kier alpha value is -3.39. The molecule has 1 amide bonds. The zero-order valence-electron chi connectivity index (χ0n) is 18.2. The molecule has 4 aliphatic heterocycles. The number of benzene rings is 2. The number of rotatable bonds is 2. The van der Waals surface area contributed by atoms with E-state index in [1.165, 1.54) is 11.1 Å². The van der Waals surface area contributed by atoms with Crippen molar-refractivity contribution in [1.82, 2.24) is 9.80 Å². The summed E-state index contributed by atoms with van der Waals surface area (Å²) in [5.41, 5.74) is 3.70. The van der Waals surface area contributed by atoms with Gasteiger partial charge in [-0.15, -0.1) is 0 Å². The van der Waals surface area contributed by atoms with Gasteiger partial charge in [0.15, 0.2) is 0 Å². The Morgan fingerprint density at radius 3 is 2.09 bits per heavy atom. The Balaban J connectivity index is 0.000000385. The molecule has 2 atom stereocenters. The Kier molecular flexibility index (Phi) is 6.93. The van der Waals surface area contributed by atoms with Crippen LogP contribution in [0.5, 0.6) is 0 Å². The molecule has 0 N–H and O–H groups in total. The number of carboxylic acid groups (broad SMARTS) is 2. The van der Waals surface area contributed by atoms with E-state index in [1.807, 2.05) is 23.1 Å². The summed E-state index contributed by atoms with van der Waals surface area (Å²) in [5, 5.41) is 17.9. The lowest BCUT2D eigenvalue weighted by atomic mass is 9.86. The van der Waals surface area contributed by atoms with Gasteiger partial charge in [0.25, 0.3) is 0 Å². The fourth-order valence-electron chi connectivity index (χ4n) is 5.00. The highest BCUT2D eigenvalue weighted by molar-refractivity contribution is 6.25. The van der Waals surface area contributed by atoms with E-state index in [1.54, 1.807) is 0 Å². The highest BCUT2D eigenvalue weighted by Crippen LogP contribution is 2.36. The molecule has 0 unspecified atom stereocenters. The van der Waals surface area contributed by atoms with E-state index in [0.29, 0.717) is 12.5 Å². The molecule has 0 aromatic heterocycles. The van der Waals surface area contributed by atoms with Gasteiger partial charge in [-0.1, -0.05) is 54.6 Å². The van der Waals surface area contributed by atoms with Gasteiger partial charge in [0.05, 0.1) is 18.0 Å². The van der Waals surface area contributed by atoms with Gasteiger partial charge in [-0.2, -0.15) is 0 Å². The molecule has 8 heteroatoms. The van der Waals surface area contributed by atoms with Crippen molar-refractivity contribution in [2.24, 2.45) is 5.92 Å². The molecule has 6 rings (SSSR count). The summed E-state index contributed by atoms with van der Waals surface area (Å²) in [5.74, 6) is -3.84. The number of piperidine rings is 3. The topological polar surface area (TPSA) is 113 Å². The first-order valence-electron chi connectivity index (χ1n) is 11.2. The quantitative estimate of drug-likeness (QED) is 0.607. The van der Waals surface area contributed by atoms with E-state index in [9.17, 15) is 4.79 Å². The molecule has 33 heavy (non-hydrogen) atoms. The van der Waals surface area contributed by atoms with Crippen LogP contribution in [0.2, 0.25) is 0 Å². The summed E-state index contributed by atoms with van der Waals surface area (Å²) in [6.45, 7) is 3.91. The fourth-order valence-corrected chi connectivity index (χ4v) is 5.00. The second-order valence-corrected chi connectivity index (χ2v) is 8.59. The third-order valence-corrected chi connectivity index (χ3v) is 6.65. The second-order valence-electron chi connectivity index (χ2n) is 8.59. The minimum Gasteiger partial charge on any atom is -0.543 e. The van der Waals surface area contributed by atoms with Crippen molar-refractivity contribution < 1.29 is 29.3 Å². The predicted molar refractivity (Wildman–Crippen MR) is 115 cm³/mol. The Bertz CT molecular complexity index is 991. The molecular formula is C25H26N2O6-2. The van der Waals surface area contributed by atoms with Crippen LogP contribution in [0, 0.1) is 5.92 Å². The van der Waals surface area contributed by atoms with Gasteiger partial charge in [0.1, 0.15) is 6.10 Å². The summed E-state index contributed by atoms with van der Waals surface area (Å²) in [6, 6.07) is 18.8. The summed E-state index contributed by atoms with van der Waals surface area (Å²) in [6.07, 6.45) is 3.09. The van der Waals surface area contributed by atoms with Crippen molar-refractivity contribution in [3.63, 3.8) is 0 Å². The van der Waals surface area contributed by atoms with Crippen LogP contribution in [0.15, 0.2) is 54.6 Å². The number of aliphatic carboxylic acids is 2. The van der Waals surface area contributed by atoms with Gasteiger partial charge in [-0.25, -0.2) is 4.79 Å². The minimum atomic E-state index is -2.19. The number of nitrogens with zero attached hydrogens (tertiary/aromatic N) is 2. The molecule has 174 valence electrons. The first-order valence-corrected chi connectivity index (χ1v) is 11.2. The molecular weight excluding hydrogens is 424 g/mol. The molecule has 8 nitrogen and oxygen atoms in total. The average molecular weight is 450 g/mol. The summed E-state index contributed by atoms with van der Waals surface area (Å²) >= 11 is 0. The molecule has 3 fully saturated rings. The summed E-state index contributed by atoms with van der Waals surface area (Å²) < 4.78 is 6.08. The number of hydrogen-bond acceptors (Lipinski definition) is 7. The maximum atomic E-state index is 13.2. The van der Waals surface area contributed by atoms with Gasteiger partial charge in [0, 0.05) is 13.1 Å². The van der Waals surface area contributed by atoms with E-state index in [4.69, 9.17) is 24.5 Å². The smallest absolute Gasteiger partial charge is 0.410 e. The zero-order chi connectivity index (χ0) is 23.4. The molecule has 2 aromatic rings. The molecule has 2 bridgehead atoms. The first kappa shape index (κ1) is 22.8. The first-order chi connectivity index (χ1) is 15.9. The molecule has 0 aliphatic carbocycles. The summed E-state index contributed by atoms with van der Waals surface area (Å²) in [4.78, 5) is 35.4. The van der Waals surface area contributed by atoms with E-state index < -0.39 is 11.9 Å². The highest BCUT2D eigenvalue weighted by Gasteiger charge is 2.39. The number of carboxylic acids is 2. The molecule has 3 saturated heterocycles. The highest BCUT2D eigenvalue weighted by atomic mass is 16.6. The molecule has 4 aliphatic rings. The van der Waals surface area contributed by atoms with Crippen LogP contribution in [0.4, 0.5) is 4.79 Å². The number of carbonyl (C=O) groups excluding carboxylic acids is 3. The molecule has 0 radical (unpaired) electrons. The average Bonchev–Trinajstić information content (AvgIpc) is 2.85. The number of carbonyl (C=O) groups is 3. The second kappa shape index (κ2) is 10.0. The van der Waals surface area contributed by atoms with Crippen LogP contribution in [-0.4, -0.2) is 60.1 Å². The van der Waals surface area contributed by atoms with E-state index in [-0.39, 0.29) is 18.2 Å². The van der Waals surface area contributed by atoms with Gasteiger partial charge < -0.3 is 24.5 Å². The number of hydrogen-bond donors (Lipinski definition) is 0. The monoisotopic (exact) mass is 450 g/mol. The third-order valence-electron chi connectivity index (χ3n) is 6.65. The molecule has 2 aromatic carbocycles. The van der Waals surface area contributed by atoms with Gasteiger partial charge in [0.2, 0.25) is 0 Å². The normalized spacial score (nSPS) is 25.3. The van der Waals surface area contributed by atoms with Gasteiger partial charge >= 0.3 is 6.09 Å². The molecule has 0 saturated carbocycles. The maximum Gasteiger partial charge on any atom is 0.410 e. The molecule has 4 heterocycles. The fraction of sp³-hybridized carbons (Fsp3) is 0.400. The van der Waals surface area contributed by atoms with E-state index in [0.717, 1.165) is 44.5 Å². The largest absolute Gasteiger partial charge is 0.543 e. The van der Waals surface area contributed by atoms with Crippen molar-refractivity contribution in [2.45, 2.75) is 31.4 Å². The predicted octanol–water partition coefficient (Wildman–Crippen LogP) is 0.351. The zero-order valence-corrected chi connectivity index (χ0v) is 18.2. The minimum absolute atomic E-state index is 0.0496. The molecule has 0 spiro atoms. The van der Waals surface area contributed by atoms with Gasteiger partial charge in [-0.05, 0) is 55.0 Å². The van der Waals surface area contributed by atoms with Crippen molar-refractivity contribution in [3.8, 4) is 0 Å². The lowest BCUT2D eigenvalue weighted by molar-refractivity contribution is -0.345. The number of amides is 1. The standard InChI is InChI=1S/C23H26N2O2.C2H2O4/c26-23(27-21-16-24-13-10-18(21)11-14-24)25-15-12-17-6-4-5-9-20(17)22(25)19-7-2-1-3-8-19;3-1(4)2(5)6/h1-9,18,21-22H,10-16H2;(H,3,4)(H,5,6)/p-2/t21-,22-;/m0./s1. The van der Waals surface area contributed by atoms with Crippen LogP contribution < -0.4 is 10.2 Å². The van der Waals surface area contributed by atoms with Crippen LogP contribution in [0.3, 0.4) is 0 Å².